The van der Waals surface area contributed by atoms with Gasteiger partial charge in [-0.15, -0.1) is 0 Å². The van der Waals surface area contributed by atoms with Crippen LogP contribution >= 0.6 is 8.03 Å². The number of carboxylic acids is 1. The van der Waals surface area contributed by atoms with Gasteiger partial charge in [-0.2, -0.15) is 18.1 Å². The van der Waals surface area contributed by atoms with Crippen LogP contribution in [0.5, 0.6) is 0 Å². The molecule has 0 aliphatic heterocycles. The number of amides is 1. The number of alkyl halides is 3. The largest absolute Gasteiger partial charge is 0.548 e. The van der Waals surface area contributed by atoms with Crippen LogP contribution in [0, 0.1) is 0 Å². The molecule has 0 rings (SSSR count). The summed E-state index contributed by atoms with van der Waals surface area (Å²) in [5.74, 6) is -4.40. The van der Waals surface area contributed by atoms with E-state index in [2.05, 4.69) is 0 Å². The number of rotatable bonds is 5. The smallest absolute Gasteiger partial charge is 0.527 e. The van der Waals surface area contributed by atoms with Gasteiger partial charge in [-0.05, 0) is 11.0 Å². The maximum atomic E-state index is 12.1. The molecule has 10 heteroatoms. The first-order chi connectivity index (χ1) is 7.61. The summed E-state index contributed by atoms with van der Waals surface area (Å²) in [6, 6.07) is -1.89. The van der Waals surface area contributed by atoms with Crippen LogP contribution in [0.25, 0.3) is 0 Å². The first kappa shape index (κ1) is 15.8. The highest BCUT2D eigenvalue weighted by molar-refractivity contribution is 7.37. The van der Waals surface area contributed by atoms with E-state index in [1.807, 2.05) is 0 Å². The van der Waals surface area contributed by atoms with Crippen LogP contribution in [0.3, 0.4) is 0 Å². The lowest BCUT2D eigenvalue weighted by Gasteiger charge is -2.28. The lowest BCUT2D eigenvalue weighted by molar-refractivity contribution is -0.311. The van der Waals surface area contributed by atoms with Crippen molar-refractivity contribution in [3.8, 4) is 0 Å². The molecular formula is C7H9F3NO5P. The van der Waals surface area contributed by atoms with Gasteiger partial charge in [-0.1, -0.05) is 6.92 Å². The van der Waals surface area contributed by atoms with Crippen molar-refractivity contribution in [2.24, 2.45) is 0 Å². The summed E-state index contributed by atoms with van der Waals surface area (Å²) in [5.41, 5.74) is 0. The van der Waals surface area contributed by atoms with Crippen LogP contribution in [0.1, 0.15) is 13.3 Å². The first-order valence-corrected chi connectivity index (χ1v) is 5.73. The van der Waals surface area contributed by atoms with Crippen molar-refractivity contribution in [3.05, 3.63) is 0 Å². The number of halogens is 3. The molecule has 0 aliphatic carbocycles. The van der Waals surface area contributed by atoms with Crippen molar-refractivity contribution in [3.63, 3.8) is 0 Å². The van der Waals surface area contributed by atoms with E-state index in [4.69, 9.17) is 4.89 Å². The van der Waals surface area contributed by atoms with E-state index in [1.54, 1.807) is 0 Å². The second-order valence-electron chi connectivity index (χ2n) is 3.01. The fourth-order valence-electron chi connectivity index (χ4n) is 1.11. The van der Waals surface area contributed by atoms with E-state index < -0.39 is 38.4 Å². The second kappa shape index (κ2) is 5.92. The fourth-order valence-corrected chi connectivity index (χ4v) is 1.70. The molecule has 0 radical (unpaired) electrons. The quantitative estimate of drug-likeness (QED) is 0.688. The molecule has 6 nitrogen and oxygen atoms in total. The summed E-state index contributed by atoms with van der Waals surface area (Å²) in [6.07, 6.45) is -6.89. The number of carbonyl (C=O) groups excluding carboxylic acids is 2. The molecule has 0 saturated heterocycles. The number of carbonyl (C=O) groups is 2. The molecule has 0 aromatic carbocycles. The van der Waals surface area contributed by atoms with E-state index in [0.29, 0.717) is 0 Å². The van der Waals surface area contributed by atoms with E-state index in [9.17, 15) is 32.4 Å². The van der Waals surface area contributed by atoms with E-state index in [1.165, 1.54) is 6.92 Å². The van der Waals surface area contributed by atoms with Gasteiger partial charge in [0.25, 0.3) is 6.29 Å². The van der Waals surface area contributed by atoms with E-state index in [0.717, 1.165) is 0 Å². The molecule has 0 aromatic heterocycles. The molecule has 0 aromatic rings. The van der Waals surface area contributed by atoms with Crippen LogP contribution in [0.2, 0.25) is 0 Å². The predicted octanol–water partition coefficient (Wildman–Crippen LogP) is -0.402. The minimum Gasteiger partial charge on any atom is -0.548 e. The molecule has 0 aliphatic rings. The Balaban J connectivity index is 5.19. The fraction of sp³-hybridized carbons (Fsp3) is 0.714. The molecule has 0 fully saturated rings. The standard InChI is InChI=1S/C7H9F3NO5P/c1-2-4(5(12)13)11(3-17(15)16)6(14)7(8,9)10/h4H,2-3H2,1H3,(H-,12,13,15,16). The summed E-state index contributed by atoms with van der Waals surface area (Å²) < 4.78 is 46.8. The average Bonchev–Trinajstić information content (AvgIpc) is 2.13. The van der Waals surface area contributed by atoms with Crippen LogP contribution < -0.4 is 5.11 Å². The number of carboxylic acid groups (broad SMARTS) is 1. The Labute approximate surface area is 94.9 Å². The Hall–Kier alpha value is -1.21. The van der Waals surface area contributed by atoms with Gasteiger partial charge in [-0.25, -0.2) is 0 Å². The Morgan fingerprint density at radius 2 is 1.94 bits per heavy atom. The van der Waals surface area contributed by atoms with Crippen molar-refractivity contribution >= 4 is 19.9 Å². The highest BCUT2D eigenvalue weighted by Gasteiger charge is 2.47. The SMILES string of the molecule is CCC(C(=O)[O-])N(C[P+](=O)O)C(=O)C(F)(F)F. The van der Waals surface area contributed by atoms with Gasteiger partial charge in [-0.3, -0.25) is 9.69 Å². The Bertz CT molecular complexity index is 332. The van der Waals surface area contributed by atoms with Crippen molar-refractivity contribution in [2.45, 2.75) is 25.6 Å². The van der Waals surface area contributed by atoms with Crippen LogP contribution in [0.15, 0.2) is 0 Å². The van der Waals surface area contributed by atoms with Gasteiger partial charge in [0.1, 0.15) is 0 Å². The van der Waals surface area contributed by atoms with Crippen LogP contribution in [-0.4, -0.2) is 40.2 Å². The molecule has 2 unspecified atom stereocenters. The number of hydrogen-bond acceptors (Lipinski definition) is 4. The van der Waals surface area contributed by atoms with Crippen LogP contribution in [0.4, 0.5) is 13.2 Å². The molecule has 0 bridgehead atoms. The molecule has 1 amide bonds. The Morgan fingerprint density at radius 1 is 1.47 bits per heavy atom. The molecule has 2 atom stereocenters. The summed E-state index contributed by atoms with van der Waals surface area (Å²) in [5, 5.41) is 10.5. The zero-order valence-electron chi connectivity index (χ0n) is 8.60. The van der Waals surface area contributed by atoms with Gasteiger partial charge >= 0.3 is 20.1 Å². The van der Waals surface area contributed by atoms with Gasteiger partial charge in [0.2, 0.25) is 0 Å². The summed E-state index contributed by atoms with van der Waals surface area (Å²) >= 11 is 0. The van der Waals surface area contributed by atoms with Crippen molar-refractivity contribution in [1.29, 1.82) is 0 Å². The third-order valence-electron chi connectivity index (χ3n) is 1.81. The summed E-state index contributed by atoms with van der Waals surface area (Å²) in [7, 11) is -3.12. The lowest BCUT2D eigenvalue weighted by atomic mass is 10.2. The second-order valence-corrected chi connectivity index (χ2v) is 4.00. The van der Waals surface area contributed by atoms with Gasteiger partial charge in [0.15, 0.2) is 0 Å². The zero-order valence-corrected chi connectivity index (χ0v) is 9.49. The van der Waals surface area contributed by atoms with E-state index >= 15 is 0 Å². The molecular weight excluding hydrogens is 266 g/mol. The maximum Gasteiger partial charge on any atom is 0.527 e. The monoisotopic (exact) mass is 275 g/mol. The predicted molar refractivity (Wildman–Crippen MR) is 46.7 cm³/mol. The molecule has 0 heterocycles. The normalized spacial score (nSPS) is 14.1. The molecule has 17 heavy (non-hydrogen) atoms. The highest BCUT2D eigenvalue weighted by atomic mass is 31.1. The zero-order chi connectivity index (χ0) is 13.8. The minimum absolute atomic E-state index is 0.214. The molecule has 1 N–H and O–H groups in total. The maximum absolute atomic E-state index is 12.1. The third kappa shape index (κ3) is 4.66. The number of nitrogens with zero attached hydrogens (tertiary/aromatic N) is 1. The minimum atomic E-state index is -5.31. The highest BCUT2D eigenvalue weighted by Crippen LogP contribution is 2.25. The Kier molecular flexibility index (Phi) is 5.50. The third-order valence-corrected chi connectivity index (χ3v) is 2.36. The van der Waals surface area contributed by atoms with Gasteiger partial charge < -0.3 is 9.90 Å². The summed E-state index contributed by atoms with van der Waals surface area (Å²) in [6.45, 7) is 1.21. The average molecular weight is 275 g/mol. The van der Waals surface area contributed by atoms with E-state index in [-0.39, 0.29) is 11.3 Å². The molecule has 98 valence electrons. The number of hydrogen-bond donors (Lipinski definition) is 1. The lowest BCUT2D eigenvalue weighted by Crippen LogP contribution is -2.53. The van der Waals surface area contributed by atoms with Crippen molar-refractivity contribution < 1.29 is 37.3 Å². The van der Waals surface area contributed by atoms with Crippen molar-refractivity contribution in [1.82, 2.24) is 4.90 Å². The summed E-state index contributed by atoms with van der Waals surface area (Å²) in [4.78, 5) is 29.7. The number of aliphatic carboxylic acids is 1. The topological polar surface area (TPSA) is 97.7 Å². The molecule has 0 spiro atoms. The van der Waals surface area contributed by atoms with Crippen molar-refractivity contribution in [2.75, 3.05) is 6.29 Å². The molecule has 0 saturated carbocycles. The first-order valence-electron chi connectivity index (χ1n) is 4.33. The van der Waals surface area contributed by atoms with Crippen LogP contribution in [-0.2, 0) is 14.2 Å². The van der Waals surface area contributed by atoms with Gasteiger partial charge in [0.05, 0.1) is 12.0 Å². The van der Waals surface area contributed by atoms with Gasteiger partial charge in [0, 0.05) is 0 Å². The Morgan fingerprint density at radius 3 is 2.18 bits per heavy atom.